The van der Waals surface area contributed by atoms with Crippen LogP contribution in [-0.2, 0) is 4.79 Å². The van der Waals surface area contributed by atoms with Crippen LogP contribution >= 0.6 is 0 Å². The Balaban J connectivity index is 1.52. The number of aromatic nitrogens is 3. The van der Waals surface area contributed by atoms with Gasteiger partial charge >= 0.3 is 5.69 Å². The van der Waals surface area contributed by atoms with Crippen LogP contribution in [-0.4, -0.2) is 51.5 Å². The van der Waals surface area contributed by atoms with Crippen LogP contribution < -0.4 is 26.6 Å². The number of benzene rings is 2. The fourth-order valence-corrected chi connectivity index (χ4v) is 3.87. The SMILES string of the molecule is CC(C)n1cc(C(=O)Nc2ccc(Oc3ccnc(NC(=O)CN(C)C)c3)cc2)c(=O)n(-c2ccc(F)cc2)c1=O. The van der Waals surface area contributed by atoms with E-state index in [0.29, 0.717) is 23.0 Å². The maximum absolute atomic E-state index is 13.4. The number of ether oxygens (including phenoxy) is 1. The van der Waals surface area contributed by atoms with E-state index >= 15 is 0 Å². The summed E-state index contributed by atoms with van der Waals surface area (Å²) in [6.45, 7) is 3.69. The van der Waals surface area contributed by atoms with Gasteiger partial charge in [0.05, 0.1) is 12.2 Å². The minimum atomic E-state index is -0.831. The van der Waals surface area contributed by atoms with E-state index in [9.17, 15) is 23.6 Å². The predicted molar refractivity (Wildman–Crippen MR) is 153 cm³/mol. The van der Waals surface area contributed by atoms with Crippen LogP contribution in [0.1, 0.15) is 30.2 Å². The molecule has 0 atom stereocenters. The highest BCUT2D eigenvalue weighted by Gasteiger charge is 2.20. The van der Waals surface area contributed by atoms with Gasteiger partial charge in [-0.25, -0.2) is 18.7 Å². The van der Waals surface area contributed by atoms with Crippen LogP contribution in [0.25, 0.3) is 5.69 Å². The fraction of sp³-hybridized carbons (Fsp3) is 0.207. The van der Waals surface area contributed by atoms with Crippen molar-refractivity contribution in [3.8, 4) is 17.2 Å². The average molecular weight is 561 g/mol. The monoisotopic (exact) mass is 560 g/mol. The summed E-state index contributed by atoms with van der Waals surface area (Å²) in [5, 5.41) is 5.36. The second kappa shape index (κ2) is 12.4. The molecule has 0 saturated carbocycles. The van der Waals surface area contributed by atoms with E-state index in [1.54, 1.807) is 69.2 Å². The molecule has 12 heteroatoms. The summed E-state index contributed by atoms with van der Waals surface area (Å²) in [4.78, 5) is 57.2. The largest absolute Gasteiger partial charge is 0.457 e. The van der Waals surface area contributed by atoms with E-state index in [1.165, 1.54) is 29.1 Å². The van der Waals surface area contributed by atoms with E-state index < -0.39 is 23.0 Å². The molecule has 0 bridgehead atoms. The fourth-order valence-electron chi connectivity index (χ4n) is 3.87. The maximum atomic E-state index is 13.4. The van der Waals surface area contributed by atoms with E-state index in [0.717, 1.165) is 16.7 Å². The van der Waals surface area contributed by atoms with Crippen molar-refractivity contribution in [2.24, 2.45) is 0 Å². The zero-order valence-electron chi connectivity index (χ0n) is 22.9. The first-order valence-electron chi connectivity index (χ1n) is 12.7. The van der Waals surface area contributed by atoms with Gasteiger partial charge in [-0.1, -0.05) is 0 Å². The summed E-state index contributed by atoms with van der Waals surface area (Å²) < 4.78 is 21.4. The number of anilines is 2. The molecule has 0 radical (unpaired) electrons. The Morgan fingerprint density at radius 3 is 2.29 bits per heavy atom. The van der Waals surface area contributed by atoms with Gasteiger partial charge in [0, 0.05) is 30.2 Å². The number of nitrogens with zero attached hydrogens (tertiary/aromatic N) is 4. The van der Waals surface area contributed by atoms with Crippen molar-refractivity contribution < 1.29 is 18.7 Å². The van der Waals surface area contributed by atoms with Crippen molar-refractivity contribution in [3.05, 3.63) is 105 Å². The van der Waals surface area contributed by atoms with Crippen LogP contribution in [0.2, 0.25) is 0 Å². The number of halogens is 1. The molecule has 2 heterocycles. The number of hydrogen-bond acceptors (Lipinski definition) is 7. The minimum absolute atomic E-state index is 0.142. The lowest BCUT2D eigenvalue weighted by molar-refractivity contribution is -0.116. The van der Waals surface area contributed by atoms with E-state index in [-0.39, 0.29) is 29.7 Å². The number of hydrogen-bond donors (Lipinski definition) is 2. The maximum Gasteiger partial charge on any atom is 0.335 e. The van der Waals surface area contributed by atoms with E-state index in [4.69, 9.17) is 4.74 Å². The molecule has 41 heavy (non-hydrogen) atoms. The van der Waals surface area contributed by atoms with Crippen LogP contribution in [0.3, 0.4) is 0 Å². The van der Waals surface area contributed by atoms with Gasteiger partial charge < -0.3 is 20.3 Å². The summed E-state index contributed by atoms with van der Waals surface area (Å²) in [5.41, 5.74) is -1.22. The van der Waals surface area contributed by atoms with E-state index in [2.05, 4.69) is 15.6 Å². The topological polar surface area (TPSA) is 128 Å². The summed E-state index contributed by atoms with van der Waals surface area (Å²) in [5.74, 6) is -0.231. The number of amides is 2. The molecule has 0 aliphatic rings. The molecule has 2 aromatic carbocycles. The van der Waals surface area contributed by atoms with Crippen molar-refractivity contribution in [3.63, 3.8) is 0 Å². The highest BCUT2D eigenvalue weighted by Crippen LogP contribution is 2.24. The first kappa shape index (κ1) is 28.9. The standard InChI is InChI=1S/C29H29FN6O5/c1-18(2)35-16-24(28(39)36(29(35)40)21-9-5-19(30)6-10-21)27(38)32-20-7-11-22(12-8-20)41-23-13-14-31-25(15-23)33-26(37)17-34(3)4/h5-16,18H,17H2,1-4H3,(H,32,38)(H,31,33,37). The third-order valence-corrected chi connectivity index (χ3v) is 5.81. The lowest BCUT2D eigenvalue weighted by Gasteiger charge is -2.16. The van der Waals surface area contributed by atoms with Gasteiger partial charge in [-0.15, -0.1) is 0 Å². The summed E-state index contributed by atoms with van der Waals surface area (Å²) in [6, 6.07) is 14.1. The van der Waals surface area contributed by atoms with Crippen molar-refractivity contribution in [2.75, 3.05) is 31.3 Å². The van der Waals surface area contributed by atoms with Crippen LogP contribution in [0.5, 0.6) is 11.5 Å². The number of carbonyl (C=O) groups excluding carboxylic acids is 2. The van der Waals surface area contributed by atoms with Gasteiger partial charge in [-0.2, -0.15) is 0 Å². The average Bonchev–Trinajstić information content (AvgIpc) is 2.90. The summed E-state index contributed by atoms with van der Waals surface area (Å²) in [6.07, 6.45) is 2.73. The Morgan fingerprint density at radius 1 is 0.976 bits per heavy atom. The van der Waals surface area contributed by atoms with Gasteiger partial charge in [0.25, 0.3) is 11.5 Å². The second-order valence-electron chi connectivity index (χ2n) is 9.69. The number of pyridine rings is 1. The van der Waals surface area contributed by atoms with Crippen molar-refractivity contribution in [1.29, 1.82) is 0 Å². The number of likely N-dealkylation sites (N-methyl/N-ethyl adjacent to an activating group) is 1. The molecule has 0 spiro atoms. The number of rotatable bonds is 9. The van der Waals surface area contributed by atoms with Crippen molar-refractivity contribution in [1.82, 2.24) is 19.0 Å². The molecule has 4 rings (SSSR count). The quantitative estimate of drug-likeness (QED) is 0.320. The highest BCUT2D eigenvalue weighted by atomic mass is 19.1. The molecule has 0 saturated heterocycles. The molecule has 2 aromatic heterocycles. The molecule has 212 valence electrons. The first-order chi connectivity index (χ1) is 19.5. The third kappa shape index (κ3) is 7.11. The third-order valence-electron chi connectivity index (χ3n) is 5.81. The molecule has 11 nitrogen and oxygen atoms in total. The Morgan fingerprint density at radius 2 is 1.66 bits per heavy atom. The number of carbonyl (C=O) groups is 2. The zero-order valence-corrected chi connectivity index (χ0v) is 22.9. The van der Waals surface area contributed by atoms with Crippen LogP contribution in [0.4, 0.5) is 15.9 Å². The molecule has 2 N–H and O–H groups in total. The Bertz CT molecular complexity index is 1680. The van der Waals surface area contributed by atoms with Crippen molar-refractivity contribution >= 4 is 23.3 Å². The molecule has 2 amide bonds. The summed E-state index contributed by atoms with van der Waals surface area (Å²) in [7, 11) is 3.57. The zero-order chi connectivity index (χ0) is 29.7. The molecule has 0 unspecified atom stereocenters. The van der Waals surface area contributed by atoms with Gasteiger partial charge in [0.1, 0.15) is 28.7 Å². The molecule has 0 fully saturated rings. The smallest absolute Gasteiger partial charge is 0.335 e. The molecular formula is C29H29FN6O5. The van der Waals surface area contributed by atoms with Gasteiger partial charge in [-0.3, -0.25) is 19.0 Å². The normalized spacial score (nSPS) is 11.0. The highest BCUT2D eigenvalue weighted by molar-refractivity contribution is 6.03. The second-order valence-corrected chi connectivity index (χ2v) is 9.69. The van der Waals surface area contributed by atoms with E-state index in [1.807, 2.05) is 0 Å². The van der Waals surface area contributed by atoms with Crippen molar-refractivity contribution in [2.45, 2.75) is 19.9 Å². The number of nitrogens with one attached hydrogen (secondary N) is 2. The molecule has 0 aliphatic carbocycles. The Labute approximate surface area is 234 Å². The Kier molecular flexibility index (Phi) is 8.73. The van der Waals surface area contributed by atoms with Gasteiger partial charge in [0.2, 0.25) is 5.91 Å². The lowest BCUT2D eigenvalue weighted by atomic mass is 10.2. The van der Waals surface area contributed by atoms with Crippen LogP contribution in [0.15, 0.2) is 82.6 Å². The molecular weight excluding hydrogens is 531 g/mol. The predicted octanol–water partition coefficient (Wildman–Crippen LogP) is 3.66. The van der Waals surface area contributed by atoms with Crippen LogP contribution in [0, 0.1) is 5.82 Å². The molecule has 0 aliphatic heterocycles. The Hall–Kier alpha value is -5.10. The first-order valence-corrected chi connectivity index (χ1v) is 12.7. The summed E-state index contributed by atoms with van der Waals surface area (Å²) >= 11 is 0. The van der Waals surface area contributed by atoms with Gasteiger partial charge in [-0.05, 0) is 82.5 Å². The minimum Gasteiger partial charge on any atom is -0.457 e. The molecule has 4 aromatic rings. The van der Waals surface area contributed by atoms with Gasteiger partial charge in [0.15, 0.2) is 0 Å². The lowest BCUT2D eigenvalue weighted by Crippen LogP contribution is -2.42.